The van der Waals surface area contributed by atoms with Crippen LogP contribution in [-0.4, -0.2) is 11.6 Å². The summed E-state index contributed by atoms with van der Waals surface area (Å²) in [7, 11) is 0. The van der Waals surface area contributed by atoms with E-state index in [2.05, 4.69) is 4.90 Å². The fourth-order valence-electron chi connectivity index (χ4n) is 3.33. The Morgan fingerprint density at radius 3 is 2.88 bits per heavy atom. The summed E-state index contributed by atoms with van der Waals surface area (Å²) in [6, 6.07) is 13.3. The Kier molecular flexibility index (Phi) is 4.24. The topological polar surface area (TPSA) is 42.7 Å². The summed E-state index contributed by atoms with van der Waals surface area (Å²) in [4.78, 5) is 14.1. The van der Waals surface area contributed by atoms with E-state index in [1.165, 1.54) is 0 Å². The van der Waals surface area contributed by atoms with E-state index in [-0.39, 0.29) is 5.63 Å². The van der Waals surface area contributed by atoms with Crippen LogP contribution in [0.25, 0.3) is 11.0 Å². The van der Waals surface area contributed by atoms with E-state index in [4.69, 9.17) is 20.8 Å². The van der Waals surface area contributed by atoms with E-state index in [0.29, 0.717) is 25.4 Å². The van der Waals surface area contributed by atoms with Gasteiger partial charge in [0.25, 0.3) is 0 Å². The second-order valence-electron chi connectivity index (χ2n) is 6.25. The molecule has 0 aliphatic carbocycles. The number of hydrogen-bond donors (Lipinski definition) is 0. The lowest BCUT2D eigenvalue weighted by molar-refractivity contribution is 0.0889. The molecule has 0 saturated heterocycles. The smallest absolute Gasteiger partial charge is 0.336 e. The van der Waals surface area contributed by atoms with Gasteiger partial charge in [-0.25, -0.2) is 4.79 Å². The lowest BCUT2D eigenvalue weighted by atomic mass is 10.0. The van der Waals surface area contributed by atoms with Crippen LogP contribution < -0.4 is 10.4 Å². The molecule has 0 saturated carbocycles. The molecule has 0 N–H and O–H groups in total. The Morgan fingerprint density at radius 2 is 2.08 bits per heavy atom. The van der Waals surface area contributed by atoms with Gasteiger partial charge in [-0.05, 0) is 41.8 Å². The number of aryl methyl sites for hydroxylation is 1. The van der Waals surface area contributed by atoms with Crippen molar-refractivity contribution in [1.29, 1.82) is 0 Å². The maximum atomic E-state index is 11.9. The highest BCUT2D eigenvalue weighted by Gasteiger charge is 2.22. The van der Waals surface area contributed by atoms with Crippen LogP contribution in [0.5, 0.6) is 5.75 Å². The van der Waals surface area contributed by atoms with Crippen LogP contribution in [0, 0.1) is 0 Å². The number of fused-ring (bicyclic) bond motifs is 3. The van der Waals surface area contributed by atoms with Gasteiger partial charge < -0.3 is 9.15 Å². The number of nitrogens with zero attached hydrogens (tertiary/aromatic N) is 1. The highest BCUT2D eigenvalue weighted by molar-refractivity contribution is 6.30. The molecule has 0 radical (unpaired) electrons. The van der Waals surface area contributed by atoms with Gasteiger partial charge in [0.2, 0.25) is 0 Å². The third-order valence-electron chi connectivity index (χ3n) is 4.52. The summed E-state index contributed by atoms with van der Waals surface area (Å²) in [5, 5.41) is 1.70. The summed E-state index contributed by atoms with van der Waals surface area (Å²) >= 11 is 6.07. The van der Waals surface area contributed by atoms with Gasteiger partial charge in [0.15, 0.2) is 0 Å². The zero-order valence-electron chi connectivity index (χ0n) is 13.9. The highest BCUT2D eigenvalue weighted by Crippen LogP contribution is 2.33. The monoisotopic (exact) mass is 355 g/mol. The van der Waals surface area contributed by atoms with E-state index in [0.717, 1.165) is 39.3 Å². The number of halogens is 1. The van der Waals surface area contributed by atoms with Gasteiger partial charge in [-0.2, -0.15) is 0 Å². The quantitative estimate of drug-likeness (QED) is 0.655. The molecule has 2 aromatic carbocycles. The van der Waals surface area contributed by atoms with Gasteiger partial charge in [-0.3, -0.25) is 4.90 Å². The van der Waals surface area contributed by atoms with Crippen LogP contribution in [0.15, 0.2) is 51.7 Å². The Hall–Kier alpha value is -2.30. The van der Waals surface area contributed by atoms with Gasteiger partial charge in [-0.15, -0.1) is 0 Å². The van der Waals surface area contributed by atoms with Crippen molar-refractivity contribution in [3.63, 3.8) is 0 Å². The van der Waals surface area contributed by atoms with Crippen molar-refractivity contribution in [1.82, 2.24) is 4.90 Å². The Bertz CT molecular complexity index is 996. The maximum absolute atomic E-state index is 11.9. The number of benzene rings is 2. The van der Waals surface area contributed by atoms with Crippen molar-refractivity contribution in [3.05, 3.63) is 74.6 Å². The molecule has 0 unspecified atom stereocenters. The molecule has 0 spiro atoms. The molecule has 2 heterocycles. The zero-order valence-corrected chi connectivity index (χ0v) is 14.7. The van der Waals surface area contributed by atoms with Crippen LogP contribution in [-0.2, 0) is 19.5 Å². The predicted molar refractivity (Wildman–Crippen MR) is 98.1 cm³/mol. The van der Waals surface area contributed by atoms with Crippen molar-refractivity contribution < 1.29 is 9.15 Å². The van der Waals surface area contributed by atoms with Gasteiger partial charge in [-0.1, -0.05) is 30.7 Å². The molecule has 4 nitrogen and oxygen atoms in total. The summed E-state index contributed by atoms with van der Waals surface area (Å²) < 4.78 is 11.4. The molecule has 128 valence electrons. The zero-order chi connectivity index (χ0) is 17.4. The van der Waals surface area contributed by atoms with Gasteiger partial charge in [0.1, 0.15) is 18.1 Å². The minimum atomic E-state index is -0.315. The third-order valence-corrected chi connectivity index (χ3v) is 4.75. The van der Waals surface area contributed by atoms with Crippen molar-refractivity contribution >= 4 is 22.6 Å². The van der Waals surface area contributed by atoms with E-state index < -0.39 is 0 Å². The van der Waals surface area contributed by atoms with Crippen molar-refractivity contribution in [3.8, 4) is 5.75 Å². The SMILES string of the molecule is CCc1cc(=O)oc2c3c(ccc12)OCN(Cc1cccc(Cl)c1)C3. The first-order chi connectivity index (χ1) is 12.1. The van der Waals surface area contributed by atoms with E-state index in [1.54, 1.807) is 6.07 Å². The largest absolute Gasteiger partial charge is 0.478 e. The number of rotatable bonds is 3. The van der Waals surface area contributed by atoms with Gasteiger partial charge in [0, 0.05) is 29.6 Å². The first-order valence-corrected chi connectivity index (χ1v) is 8.70. The average molecular weight is 356 g/mol. The first-order valence-electron chi connectivity index (χ1n) is 8.32. The normalized spacial score (nSPS) is 14.3. The van der Waals surface area contributed by atoms with Gasteiger partial charge in [0.05, 0.1) is 5.56 Å². The van der Waals surface area contributed by atoms with Crippen LogP contribution >= 0.6 is 11.6 Å². The molecule has 0 bridgehead atoms. The van der Waals surface area contributed by atoms with Crippen molar-refractivity contribution in [2.24, 2.45) is 0 Å². The summed E-state index contributed by atoms with van der Waals surface area (Å²) in [6.45, 7) is 3.90. The molecule has 3 aromatic rings. The molecule has 0 fully saturated rings. The van der Waals surface area contributed by atoms with Crippen LogP contribution in [0.4, 0.5) is 0 Å². The summed E-state index contributed by atoms with van der Waals surface area (Å²) in [5.74, 6) is 0.784. The lowest BCUT2D eigenvalue weighted by Crippen LogP contribution is -2.31. The van der Waals surface area contributed by atoms with E-state index in [1.807, 2.05) is 43.3 Å². The minimum Gasteiger partial charge on any atom is -0.478 e. The molecule has 1 aliphatic heterocycles. The van der Waals surface area contributed by atoms with Crippen molar-refractivity contribution in [2.45, 2.75) is 26.4 Å². The number of ether oxygens (including phenoxy) is 1. The molecular formula is C20H18ClNO3. The Balaban J connectivity index is 1.72. The molecule has 0 amide bonds. The second-order valence-corrected chi connectivity index (χ2v) is 6.69. The standard InChI is InChI=1S/C20H18ClNO3/c1-2-14-9-19(23)25-20-16(14)6-7-18-17(20)11-22(12-24-18)10-13-4-3-5-15(21)8-13/h3-9H,2,10-12H2,1H3. The molecular weight excluding hydrogens is 338 g/mol. The fraction of sp³-hybridized carbons (Fsp3) is 0.250. The lowest BCUT2D eigenvalue weighted by Gasteiger charge is -2.29. The molecule has 0 atom stereocenters. The summed E-state index contributed by atoms with van der Waals surface area (Å²) in [5.41, 5.74) is 3.37. The molecule has 4 rings (SSSR count). The fourth-order valence-corrected chi connectivity index (χ4v) is 3.54. The average Bonchev–Trinajstić information content (AvgIpc) is 2.61. The minimum absolute atomic E-state index is 0.315. The first kappa shape index (κ1) is 16.2. The Morgan fingerprint density at radius 1 is 1.20 bits per heavy atom. The van der Waals surface area contributed by atoms with Crippen LogP contribution in [0.1, 0.15) is 23.6 Å². The Labute approximate surface area is 150 Å². The highest BCUT2D eigenvalue weighted by atomic mass is 35.5. The van der Waals surface area contributed by atoms with E-state index >= 15 is 0 Å². The second kappa shape index (κ2) is 6.54. The van der Waals surface area contributed by atoms with Crippen molar-refractivity contribution in [2.75, 3.05) is 6.73 Å². The molecule has 25 heavy (non-hydrogen) atoms. The van der Waals surface area contributed by atoms with Gasteiger partial charge >= 0.3 is 5.63 Å². The number of hydrogen-bond acceptors (Lipinski definition) is 4. The molecule has 1 aromatic heterocycles. The van der Waals surface area contributed by atoms with Crippen LogP contribution in [0.2, 0.25) is 5.02 Å². The maximum Gasteiger partial charge on any atom is 0.336 e. The third kappa shape index (κ3) is 3.15. The summed E-state index contributed by atoms with van der Waals surface area (Å²) in [6.07, 6.45) is 0.786. The molecule has 1 aliphatic rings. The van der Waals surface area contributed by atoms with E-state index in [9.17, 15) is 4.79 Å². The van der Waals surface area contributed by atoms with Crippen LogP contribution in [0.3, 0.4) is 0 Å². The predicted octanol–water partition coefficient (Wildman–Crippen LogP) is 4.36. The molecule has 5 heteroatoms.